The summed E-state index contributed by atoms with van der Waals surface area (Å²) in [6.45, 7) is 4.65. The van der Waals surface area contributed by atoms with Gasteiger partial charge in [-0.2, -0.15) is 0 Å². The van der Waals surface area contributed by atoms with Crippen molar-refractivity contribution in [3.63, 3.8) is 0 Å². The van der Waals surface area contributed by atoms with Gasteiger partial charge in [-0.3, -0.25) is 9.98 Å². The van der Waals surface area contributed by atoms with Crippen molar-refractivity contribution in [2.24, 2.45) is 10.9 Å². The first kappa shape index (κ1) is 48.8. The van der Waals surface area contributed by atoms with E-state index in [-0.39, 0.29) is 11.5 Å². The third kappa shape index (κ3) is 8.13. The molecule has 0 amide bonds. The zero-order valence-electron chi connectivity index (χ0n) is 46.4. The summed E-state index contributed by atoms with van der Waals surface area (Å²) in [6, 6.07) is 81.8. The number of nitrogens with zero attached hydrogens (tertiary/aromatic N) is 4. The molecule has 5 heteroatoms. The van der Waals surface area contributed by atoms with Gasteiger partial charge in [-0.1, -0.05) is 171 Å². The fourth-order valence-electron chi connectivity index (χ4n) is 14.0. The van der Waals surface area contributed by atoms with Gasteiger partial charge in [-0.15, -0.1) is 0 Å². The maximum atomic E-state index is 7.11. The number of allylic oxidation sites excluding steroid dienone is 4. The molecule has 0 saturated carbocycles. The molecule has 5 heterocycles. The second-order valence-electron chi connectivity index (χ2n) is 23.0. The summed E-state index contributed by atoms with van der Waals surface area (Å²) in [4.78, 5) is 12.2. The van der Waals surface area contributed by atoms with E-state index in [9.17, 15) is 0 Å². The Morgan fingerprint density at radius 3 is 2.07 bits per heavy atom. The predicted molar refractivity (Wildman–Crippen MR) is 345 cm³/mol. The lowest BCUT2D eigenvalue weighted by molar-refractivity contribution is 0.543. The van der Waals surface area contributed by atoms with E-state index in [1.165, 1.54) is 72.8 Å². The van der Waals surface area contributed by atoms with Crippen LogP contribution in [0.3, 0.4) is 0 Å². The van der Waals surface area contributed by atoms with Gasteiger partial charge >= 0.3 is 0 Å². The highest BCUT2D eigenvalue weighted by Gasteiger charge is 2.47. The Hall–Kier alpha value is -10.1. The first-order chi connectivity index (χ1) is 40.9. The molecule has 3 unspecified atom stereocenters. The molecule has 12 aromatic rings. The Balaban J connectivity index is 0.854. The van der Waals surface area contributed by atoms with Gasteiger partial charge in [-0.25, -0.2) is 0 Å². The molecular formula is C78H58N4O. The third-order valence-electron chi connectivity index (χ3n) is 18.0. The molecule has 2 aliphatic heterocycles. The quantitative estimate of drug-likeness (QED) is 0.145. The number of pyridine rings is 1. The summed E-state index contributed by atoms with van der Waals surface area (Å²) in [6.07, 6.45) is 18.6. The predicted octanol–water partition coefficient (Wildman–Crippen LogP) is 20.1. The monoisotopic (exact) mass is 1070 g/mol. The van der Waals surface area contributed by atoms with Crippen molar-refractivity contribution in [1.29, 1.82) is 0 Å². The van der Waals surface area contributed by atoms with Crippen LogP contribution in [0, 0.1) is 5.92 Å². The van der Waals surface area contributed by atoms with Gasteiger partial charge in [0, 0.05) is 85.2 Å². The highest BCUT2D eigenvalue weighted by atomic mass is 16.3. The van der Waals surface area contributed by atoms with E-state index in [1.54, 1.807) is 0 Å². The molecular weight excluding hydrogens is 1010 g/mol. The van der Waals surface area contributed by atoms with E-state index in [2.05, 4.69) is 272 Å². The van der Waals surface area contributed by atoms with Crippen molar-refractivity contribution in [1.82, 2.24) is 9.55 Å². The van der Waals surface area contributed by atoms with Crippen LogP contribution in [0.2, 0.25) is 0 Å². The largest absolute Gasteiger partial charge is 0.455 e. The van der Waals surface area contributed by atoms with Crippen LogP contribution in [0.5, 0.6) is 0 Å². The second-order valence-corrected chi connectivity index (χ2v) is 23.0. The fourth-order valence-corrected chi connectivity index (χ4v) is 14.0. The highest BCUT2D eigenvalue weighted by Crippen LogP contribution is 2.56. The number of furan rings is 1. The summed E-state index contributed by atoms with van der Waals surface area (Å²) in [7, 11) is 0. The van der Waals surface area contributed by atoms with E-state index >= 15 is 0 Å². The zero-order chi connectivity index (χ0) is 55.2. The van der Waals surface area contributed by atoms with Gasteiger partial charge in [0.15, 0.2) is 0 Å². The molecule has 0 fully saturated rings. The molecule has 0 radical (unpaired) electrons. The number of aromatic nitrogens is 2. The number of aliphatic imine (C=N–C) groups is 1. The molecule has 3 aromatic heterocycles. The van der Waals surface area contributed by atoms with Gasteiger partial charge in [0.25, 0.3) is 0 Å². The molecule has 16 rings (SSSR count). The third-order valence-corrected chi connectivity index (χ3v) is 18.0. The molecule has 0 bridgehead atoms. The minimum atomic E-state index is -0.325. The van der Waals surface area contributed by atoms with Gasteiger partial charge in [0.1, 0.15) is 11.2 Å². The van der Waals surface area contributed by atoms with Crippen LogP contribution >= 0.6 is 0 Å². The number of hydrogen-bond donors (Lipinski definition) is 0. The van der Waals surface area contributed by atoms with Crippen molar-refractivity contribution >= 4 is 67.2 Å². The fraction of sp³-hybridized carbons (Fsp3) is 0.103. The summed E-state index contributed by atoms with van der Waals surface area (Å²) in [5, 5.41) is 3.41. The molecule has 5 nitrogen and oxygen atoms in total. The van der Waals surface area contributed by atoms with Gasteiger partial charge in [0.2, 0.25) is 0 Å². The minimum absolute atomic E-state index is 0.0886. The molecule has 4 aliphatic rings. The van der Waals surface area contributed by atoms with Crippen molar-refractivity contribution in [3.8, 4) is 50.3 Å². The van der Waals surface area contributed by atoms with Crippen LogP contribution < -0.4 is 4.90 Å². The van der Waals surface area contributed by atoms with E-state index < -0.39 is 0 Å². The maximum Gasteiger partial charge on any atom is 0.143 e. The van der Waals surface area contributed by atoms with Crippen LogP contribution in [0.4, 0.5) is 11.4 Å². The first-order valence-corrected chi connectivity index (χ1v) is 29.2. The lowest BCUT2D eigenvalue weighted by atomic mass is 9.77. The van der Waals surface area contributed by atoms with Crippen LogP contribution in [0.1, 0.15) is 66.1 Å². The van der Waals surface area contributed by atoms with Crippen molar-refractivity contribution in [3.05, 3.63) is 295 Å². The number of benzene rings is 9. The molecule has 83 heavy (non-hydrogen) atoms. The van der Waals surface area contributed by atoms with Gasteiger partial charge in [-0.05, 0) is 179 Å². The molecule has 0 N–H and O–H groups in total. The lowest BCUT2D eigenvalue weighted by Crippen LogP contribution is -2.42. The minimum Gasteiger partial charge on any atom is -0.455 e. The van der Waals surface area contributed by atoms with E-state index in [1.807, 2.05) is 18.5 Å². The molecule has 3 atom stereocenters. The first-order valence-electron chi connectivity index (χ1n) is 29.2. The number of hydrogen-bond acceptors (Lipinski definition) is 4. The molecule has 0 spiro atoms. The molecule has 396 valence electrons. The average molecular weight is 1070 g/mol. The average Bonchev–Trinajstić information content (AvgIpc) is 1.95. The number of rotatable bonds is 9. The molecule has 9 aromatic carbocycles. The maximum absolute atomic E-state index is 7.11. The highest BCUT2D eigenvalue weighted by molar-refractivity contribution is 6.12. The van der Waals surface area contributed by atoms with Crippen molar-refractivity contribution in [2.75, 3.05) is 4.90 Å². The summed E-state index contributed by atoms with van der Waals surface area (Å²) in [5.41, 5.74) is 26.3. The summed E-state index contributed by atoms with van der Waals surface area (Å²) >= 11 is 0. The number of anilines is 2. The van der Waals surface area contributed by atoms with Crippen LogP contribution in [0.15, 0.2) is 271 Å². The molecule has 0 saturated heterocycles. The number of para-hydroxylation sites is 3. The second kappa shape index (κ2) is 19.6. The Morgan fingerprint density at radius 1 is 0.554 bits per heavy atom. The van der Waals surface area contributed by atoms with Crippen LogP contribution in [-0.2, 0) is 6.42 Å². The summed E-state index contributed by atoms with van der Waals surface area (Å²) in [5.74, 6) is 0.547. The normalized spacial score (nSPS) is 18.0. The van der Waals surface area contributed by atoms with Crippen molar-refractivity contribution < 1.29 is 4.42 Å². The van der Waals surface area contributed by atoms with Gasteiger partial charge < -0.3 is 13.9 Å². The summed E-state index contributed by atoms with van der Waals surface area (Å²) < 4.78 is 9.60. The SMILES string of the molecule is CC1C=CN=C(c2ccccc2C2=Cc3c(n(-c4ccccc4)c4ccc(-c5cccc(-c6cc(C7=CC8c9ccccc9N(c9ccccc9)C8(C)C=C7)c7oc8ccc(-c9ccccc9-c9ccccn9)cc8c7c6)c5)cc34)CC2)C1. The molecule has 2 aliphatic carbocycles. The Bertz CT molecular complexity index is 4740. The van der Waals surface area contributed by atoms with Crippen molar-refractivity contribution in [2.45, 2.75) is 44.6 Å². The standard InChI is InChI=1S/C78H58N4O/c1-50-38-41-80-72(42-50)63-27-12-10-25-61(63)54-32-35-74-67(45-54)66-44-53(31-34-73(66)81(74)58-20-5-3-6-21-58)51-18-17-19-52(43-51)57-47-65(56-37-39-78(2)70(49-56)64-28-13-14-30-75(64)82(78)59-22-7-4-8-23-59)77-69(48-57)68-46-55(33-36-76(68)83-77)60-24-9-11-26-62(60)71-29-15-16-40-79-71/h3-31,33-34,36-41,43-50,70H,32,35,42H2,1-2H3. The Morgan fingerprint density at radius 2 is 1.25 bits per heavy atom. The van der Waals surface area contributed by atoms with Gasteiger partial charge in [0.05, 0.1) is 16.7 Å². The zero-order valence-corrected chi connectivity index (χ0v) is 46.4. The van der Waals surface area contributed by atoms with E-state index in [4.69, 9.17) is 14.4 Å². The number of fused-ring (bicyclic) bond motifs is 9. The smallest absolute Gasteiger partial charge is 0.143 e. The van der Waals surface area contributed by atoms with Crippen LogP contribution in [0.25, 0.3) is 100 Å². The Labute approximate surface area is 483 Å². The van der Waals surface area contributed by atoms with E-state index in [0.717, 1.165) is 91.4 Å². The topological polar surface area (TPSA) is 46.6 Å². The Kier molecular flexibility index (Phi) is 11.5. The van der Waals surface area contributed by atoms with E-state index in [0.29, 0.717) is 5.92 Å². The van der Waals surface area contributed by atoms with Crippen LogP contribution in [-0.4, -0.2) is 20.8 Å². The lowest BCUT2D eigenvalue weighted by Gasteiger charge is -2.40.